The quantitative estimate of drug-likeness (QED) is 0.635. The second kappa shape index (κ2) is 13.3. The molecule has 0 fully saturated rings. The van der Waals surface area contributed by atoms with Crippen molar-refractivity contribution in [2.24, 2.45) is 0 Å². The van der Waals surface area contributed by atoms with Gasteiger partial charge in [0.15, 0.2) is 0 Å². The van der Waals surface area contributed by atoms with Crippen LogP contribution < -0.4 is 40.0 Å². The van der Waals surface area contributed by atoms with E-state index in [2.05, 4.69) is 24.1 Å². The molecule has 6 nitrogen and oxygen atoms in total. The first-order valence-corrected chi connectivity index (χ1v) is 8.87. The first-order chi connectivity index (χ1) is 12.8. The van der Waals surface area contributed by atoms with Gasteiger partial charge in [-0.2, -0.15) is 0 Å². The molecule has 0 radical (unpaired) electrons. The molecule has 2 aromatic rings. The van der Waals surface area contributed by atoms with Crippen molar-refractivity contribution in [3.8, 4) is 5.75 Å². The maximum Gasteiger partial charge on any atom is 1.00 e. The van der Waals surface area contributed by atoms with Crippen molar-refractivity contribution in [3.05, 3.63) is 59.2 Å². The predicted molar refractivity (Wildman–Crippen MR) is 105 cm³/mol. The number of aromatic hydroxyl groups is 1. The molecule has 2 rings (SSSR count). The summed E-state index contributed by atoms with van der Waals surface area (Å²) in [6, 6.07) is 11.7. The van der Waals surface area contributed by atoms with Gasteiger partial charge in [-0.05, 0) is 50.2 Å². The Morgan fingerprint density at radius 1 is 1.00 bits per heavy atom. The number of aromatic carboxylic acids is 1. The number of hydrogen-bond donors (Lipinski definition) is 2. The van der Waals surface area contributed by atoms with Crippen LogP contribution in [-0.4, -0.2) is 41.5 Å². The topological polar surface area (TPSA) is 92.7 Å². The fraction of sp³-hybridized carbons (Fsp3) is 0.333. The molecule has 0 heterocycles. The van der Waals surface area contributed by atoms with Crippen LogP contribution in [0, 0.1) is 13.8 Å². The maximum absolute atomic E-state index is 11.9. The average Bonchev–Trinajstić information content (AvgIpc) is 2.63. The third-order valence-electron chi connectivity index (χ3n) is 4.13. The van der Waals surface area contributed by atoms with E-state index < -0.39 is 5.97 Å². The van der Waals surface area contributed by atoms with E-state index in [1.807, 2.05) is 32.0 Å². The fourth-order valence-corrected chi connectivity index (χ4v) is 2.49. The van der Waals surface area contributed by atoms with Crippen LogP contribution in [0.3, 0.4) is 0 Å². The third kappa shape index (κ3) is 8.44. The fourth-order valence-electron chi connectivity index (χ4n) is 2.49. The molecule has 0 saturated carbocycles. The van der Waals surface area contributed by atoms with Crippen LogP contribution in [0.2, 0.25) is 0 Å². The third-order valence-corrected chi connectivity index (χ3v) is 4.13. The summed E-state index contributed by atoms with van der Waals surface area (Å²) in [5.74, 6) is -1.56. The number of phenols is 1. The van der Waals surface area contributed by atoms with Gasteiger partial charge in [-0.3, -0.25) is 9.69 Å². The number of amides is 1. The molecular formula is C21H27N2NaO4. The number of carbonyl (C=O) groups is 2. The molecule has 0 aliphatic heterocycles. The van der Waals surface area contributed by atoms with Crippen molar-refractivity contribution >= 4 is 17.6 Å². The first-order valence-electron chi connectivity index (χ1n) is 8.87. The van der Waals surface area contributed by atoms with Crippen molar-refractivity contribution in [2.75, 3.05) is 25.0 Å². The van der Waals surface area contributed by atoms with Crippen LogP contribution >= 0.6 is 0 Å². The molecular weight excluding hydrogens is 367 g/mol. The van der Waals surface area contributed by atoms with Gasteiger partial charge >= 0.3 is 29.6 Å². The van der Waals surface area contributed by atoms with E-state index >= 15 is 0 Å². The number of carbonyl (C=O) groups excluding carboxylic acids is 2. The van der Waals surface area contributed by atoms with Crippen molar-refractivity contribution in [3.63, 3.8) is 0 Å². The molecule has 0 atom stereocenters. The van der Waals surface area contributed by atoms with E-state index in [4.69, 9.17) is 5.11 Å². The van der Waals surface area contributed by atoms with Gasteiger partial charge in [-0.1, -0.05) is 44.2 Å². The van der Waals surface area contributed by atoms with Crippen LogP contribution in [0.4, 0.5) is 5.69 Å². The van der Waals surface area contributed by atoms with Crippen molar-refractivity contribution < 1.29 is 49.4 Å². The van der Waals surface area contributed by atoms with Gasteiger partial charge in [0.1, 0.15) is 5.75 Å². The van der Waals surface area contributed by atoms with Crippen molar-refractivity contribution in [1.29, 1.82) is 0 Å². The monoisotopic (exact) mass is 394 g/mol. The normalized spacial score (nSPS) is 9.75. The minimum absolute atomic E-state index is 0. The van der Waals surface area contributed by atoms with Gasteiger partial charge in [-0.25, -0.2) is 0 Å². The average molecular weight is 394 g/mol. The molecule has 146 valence electrons. The molecule has 2 N–H and O–H groups in total. The van der Waals surface area contributed by atoms with Crippen molar-refractivity contribution in [2.45, 2.75) is 27.7 Å². The van der Waals surface area contributed by atoms with Gasteiger partial charge in [0.05, 0.1) is 12.5 Å². The van der Waals surface area contributed by atoms with Gasteiger partial charge < -0.3 is 20.3 Å². The number of likely N-dealkylation sites (N-methyl/N-ethyl adjacent to an activating group) is 1. The van der Waals surface area contributed by atoms with Crippen molar-refractivity contribution in [1.82, 2.24) is 4.90 Å². The minimum atomic E-state index is -1.36. The number of rotatable bonds is 6. The van der Waals surface area contributed by atoms with Crippen LogP contribution in [0.15, 0.2) is 42.5 Å². The Balaban J connectivity index is 0.000000567. The molecule has 2 aromatic carbocycles. The predicted octanol–water partition coefficient (Wildman–Crippen LogP) is -0.657. The summed E-state index contributed by atoms with van der Waals surface area (Å²) in [7, 11) is 0. The zero-order chi connectivity index (χ0) is 20.4. The molecule has 0 unspecified atom stereocenters. The van der Waals surface area contributed by atoms with Gasteiger partial charge in [0, 0.05) is 11.3 Å². The zero-order valence-corrected chi connectivity index (χ0v) is 19.3. The van der Waals surface area contributed by atoms with E-state index in [1.54, 1.807) is 6.07 Å². The molecule has 1 amide bonds. The summed E-state index contributed by atoms with van der Waals surface area (Å²) in [5.41, 5.74) is 2.99. The standard InChI is InChI=1S/C14H22N2O.C7H6O3.Na/c1-5-16(6-2)10-13(17)15-14-11(3)8-7-9-12(14)4;8-6-4-2-1-3-5(6)7(9)10;/h7-9H,5-6,10H2,1-4H3,(H,15,17);1-4,8H,(H,9,10);/q;;+1/p-1. The molecule has 28 heavy (non-hydrogen) atoms. The Kier molecular flexibility index (Phi) is 12.5. The summed E-state index contributed by atoms with van der Waals surface area (Å²) in [6.07, 6.45) is 0. The Hall–Kier alpha value is -1.86. The smallest absolute Gasteiger partial charge is 0.545 e. The van der Waals surface area contributed by atoms with Gasteiger partial charge in [-0.15, -0.1) is 0 Å². The Bertz CT molecular complexity index is 757. The number of anilines is 1. The Morgan fingerprint density at radius 2 is 1.54 bits per heavy atom. The van der Waals surface area contributed by atoms with Crippen LogP contribution in [0.1, 0.15) is 35.3 Å². The SMILES string of the molecule is CCN(CC)CC(=O)Nc1c(C)cccc1C.O=C([O-])c1ccccc1O.[Na+]. The second-order valence-electron chi connectivity index (χ2n) is 6.08. The summed E-state index contributed by atoms with van der Waals surface area (Å²) in [6.45, 7) is 10.4. The zero-order valence-electron chi connectivity index (χ0n) is 17.3. The number of carboxylic acids is 1. The first kappa shape index (κ1) is 26.1. The summed E-state index contributed by atoms with van der Waals surface area (Å²) < 4.78 is 0. The molecule has 0 spiro atoms. The number of carboxylic acid groups (broad SMARTS) is 1. The maximum atomic E-state index is 11.9. The van der Waals surface area contributed by atoms with Gasteiger partial charge in [0.25, 0.3) is 0 Å². The van der Waals surface area contributed by atoms with E-state index in [9.17, 15) is 14.7 Å². The molecule has 7 heteroatoms. The minimum Gasteiger partial charge on any atom is -0.545 e. The summed E-state index contributed by atoms with van der Waals surface area (Å²) >= 11 is 0. The van der Waals surface area contributed by atoms with E-state index in [-0.39, 0.29) is 46.8 Å². The molecule has 0 aliphatic rings. The number of para-hydroxylation sites is 2. The second-order valence-corrected chi connectivity index (χ2v) is 6.08. The van der Waals surface area contributed by atoms with E-state index in [1.165, 1.54) is 18.2 Å². The number of nitrogens with zero attached hydrogens (tertiary/aromatic N) is 1. The Labute approximate surface area is 188 Å². The van der Waals surface area contributed by atoms with Gasteiger partial charge in [0.2, 0.25) is 5.91 Å². The molecule has 0 aromatic heterocycles. The molecule has 0 saturated heterocycles. The largest absolute Gasteiger partial charge is 1.00 e. The number of benzene rings is 2. The summed E-state index contributed by atoms with van der Waals surface area (Å²) in [5, 5.41) is 22.0. The van der Waals surface area contributed by atoms with E-state index in [0.717, 1.165) is 29.9 Å². The number of aryl methyl sites for hydroxylation is 2. The molecule has 0 bridgehead atoms. The van der Waals surface area contributed by atoms with Crippen LogP contribution in [0.25, 0.3) is 0 Å². The number of hydrogen-bond acceptors (Lipinski definition) is 5. The number of nitrogens with one attached hydrogen (secondary N) is 1. The van der Waals surface area contributed by atoms with E-state index in [0.29, 0.717) is 6.54 Å². The van der Waals surface area contributed by atoms with Crippen LogP contribution in [-0.2, 0) is 4.79 Å². The molecule has 0 aliphatic carbocycles. The summed E-state index contributed by atoms with van der Waals surface area (Å²) in [4.78, 5) is 24.1. The Morgan fingerprint density at radius 3 is 1.96 bits per heavy atom. The van der Waals surface area contributed by atoms with Crippen LogP contribution in [0.5, 0.6) is 5.75 Å².